The van der Waals surface area contributed by atoms with Crippen LogP contribution in [-0.2, 0) is 4.79 Å². The molecular formula is C20H31ClN2O4. The second-order valence-corrected chi connectivity index (χ2v) is 7.48. The number of carbonyl (C=O) groups excluding carboxylic acids is 1. The normalized spacial score (nSPS) is 26.6. The van der Waals surface area contributed by atoms with Crippen LogP contribution in [-0.4, -0.2) is 40.3 Å². The molecule has 1 aromatic carbocycles. The van der Waals surface area contributed by atoms with Crippen LogP contribution in [0, 0.1) is 17.8 Å². The highest BCUT2D eigenvalue weighted by Gasteiger charge is 2.41. The molecule has 0 saturated heterocycles. The third-order valence-corrected chi connectivity index (χ3v) is 6.13. The van der Waals surface area contributed by atoms with Crippen LogP contribution in [0.4, 0.5) is 5.69 Å². The van der Waals surface area contributed by atoms with Gasteiger partial charge in [-0.15, -0.1) is 12.4 Å². The number of nitrogens with two attached hydrogens (primary N) is 1. The molecule has 3 rings (SSSR count). The van der Waals surface area contributed by atoms with E-state index < -0.39 is 0 Å². The van der Waals surface area contributed by atoms with E-state index in [4.69, 9.17) is 19.9 Å². The van der Waals surface area contributed by atoms with Gasteiger partial charge in [0, 0.05) is 31.1 Å². The highest BCUT2D eigenvalue weighted by Crippen LogP contribution is 2.44. The van der Waals surface area contributed by atoms with E-state index in [1.54, 1.807) is 26.2 Å². The Morgan fingerprint density at radius 1 is 1.04 bits per heavy atom. The van der Waals surface area contributed by atoms with Crippen LogP contribution in [0.3, 0.4) is 0 Å². The number of ether oxygens (including phenoxy) is 3. The van der Waals surface area contributed by atoms with Crippen molar-refractivity contribution < 1.29 is 19.0 Å². The van der Waals surface area contributed by atoms with E-state index >= 15 is 0 Å². The van der Waals surface area contributed by atoms with Gasteiger partial charge in [0.25, 0.3) is 0 Å². The molecular weight excluding hydrogens is 368 g/mol. The third-order valence-electron chi connectivity index (χ3n) is 6.13. The first-order valence-corrected chi connectivity index (χ1v) is 9.33. The molecule has 0 aromatic heterocycles. The molecule has 1 amide bonds. The Hall–Kier alpha value is -1.66. The van der Waals surface area contributed by atoms with Gasteiger partial charge in [0.15, 0.2) is 11.5 Å². The lowest BCUT2D eigenvalue weighted by atomic mass is 9.65. The summed E-state index contributed by atoms with van der Waals surface area (Å²) in [7, 11) is 6.53. The second kappa shape index (κ2) is 9.02. The number of hydrogen-bond acceptors (Lipinski definition) is 5. The molecule has 0 aliphatic heterocycles. The largest absolute Gasteiger partial charge is 0.493 e. The first kappa shape index (κ1) is 21.6. The molecule has 2 fully saturated rings. The van der Waals surface area contributed by atoms with Gasteiger partial charge in [0.1, 0.15) is 0 Å². The van der Waals surface area contributed by atoms with E-state index in [1.807, 2.05) is 19.2 Å². The smallest absolute Gasteiger partial charge is 0.229 e. The number of nitrogens with zero attached hydrogens (tertiary/aromatic N) is 1. The summed E-state index contributed by atoms with van der Waals surface area (Å²) < 4.78 is 16.2. The van der Waals surface area contributed by atoms with Gasteiger partial charge >= 0.3 is 0 Å². The summed E-state index contributed by atoms with van der Waals surface area (Å²) in [6.07, 6.45) is 5.33. The molecule has 1 aromatic rings. The summed E-state index contributed by atoms with van der Waals surface area (Å²) in [6.45, 7) is 0. The lowest BCUT2D eigenvalue weighted by Crippen LogP contribution is -2.49. The number of anilines is 1. The van der Waals surface area contributed by atoms with Gasteiger partial charge in [0.2, 0.25) is 11.7 Å². The Balaban J connectivity index is 0.00000261. The van der Waals surface area contributed by atoms with Crippen molar-refractivity contribution >= 4 is 24.0 Å². The molecule has 152 valence electrons. The third kappa shape index (κ3) is 4.11. The fraction of sp³-hybridized carbons (Fsp3) is 0.650. The van der Waals surface area contributed by atoms with E-state index in [9.17, 15) is 4.79 Å². The van der Waals surface area contributed by atoms with Crippen molar-refractivity contribution in [3.8, 4) is 17.2 Å². The molecule has 7 heteroatoms. The summed E-state index contributed by atoms with van der Waals surface area (Å²) in [5, 5.41) is 0. The minimum atomic E-state index is 0. The molecule has 2 unspecified atom stereocenters. The van der Waals surface area contributed by atoms with E-state index in [0.29, 0.717) is 29.1 Å². The zero-order chi connectivity index (χ0) is 18.8. The molecule has 2 atom stereocenters. The summed E-state index contributed by atoms with van der Waals surface area (Å²) in [5.41, 5.74) is 7.11. The Labute approximate surface area is 167 Å². The minimum absolute atomic E-state index is 0. The second-order valence-electron chi connectivity index (χ2n) is 7.48. The molecule has 0 radical (unpaired) electrons. The number of rotatable bonds is 5. The van der Waals surface area contributed by atoms with Crippen LogP contribution in [0.1, 0.15) is 32.1 Å². The van der Waals surface area contributed by atoms with Crippen LogP contribution in [0.5, 0.6) is 17.2 Å². The number of benzene rings is 1. The van der Waals surface area contributed by atoms with Gasteiger partial charge in [-0.3, -0.25) is 4.79 Å². The monoisotopic (exact) mass is 398 g/mol. The quantitative estimate of drug-likeness (QED) is 0.824. The Morgan fingerprint density at radius 3 is 2.00 bits per heavy atom. The molecule has 6 nitrogen and oxygen atoms in total. The maximum atomic E-state index is 13.2. The predicted octanol–water partition coefficient (Wildman–Crippen LogP) is 3.25. The fourth-order valence-electron chi connectivity index (χ4n) is 4.65. The number of amides is 1. The van der Waals surface area contributed by atoms with Gasteiger partial charge in [0.05, 0.1) is 27.0 Å². The van der Waals surface area contributed by atoms with Gasteiger partial charge in [-0.1, -0.05) is 6.42 Å². The van der Waals surface area contributed by atoms with Crippen LogP contribution in [0.2, 0.25) is 0 Å². The Morgan fingerprint density at radius 2 is 1.56 bits per heavy atom. The standard InChI is InChI=1S/C20H30N2O4.ClH/c1-22(15-10-16(24-2)19(26-4)17(11-15)25-3)20(23)14-8-12-6-5-7-13(9-14)18(12)21;/h10-14,18H,5-9,21H2,1-4H3;1H. The lowest BCUT2D eigenvalue weighted by molar-refractivity contribution is -0.124. The van der Waals surface area contributed by atoms with Crippen molar-refractivity contribution in [2.45, 2.75) is 38.1 Å². The van der Waals surface area contributed by atoms with Crippen molar-refractivity contribution in [2.24, 2.45) is 23.5 Å². The molecule has 2 aliphatic carbocycles. The average Bonchev–Trinajstić information content (AvgIpc) is 2.65. The lowest BCUT2D eigenvalue weighted by Gasteiger charge is -2.44. The number of fused-ring (bicyclic) bond motifs is 2. The van der Waals surface area contributed by atoms with Crippen LogP contribution < -0.4 is 24.8 Å². The molecule has 2 bridgehead atoms. The maximum absolute atomic E-state index is 13.2. The van der Waals surface area contributed by atoms with Crippen molar-refractivity contribution in [2.75, 3.05) is 33.3 Å². The van der Waals surface area contributed by atoms with E-state index in [0.717, 1.165) is 31.4 Å². The number of carbonyl (C=O) groups is 1. The predicted molar refractivity (Wildman–Crippen MR) is 108 cm³/mol. The highest BCUT2D eigenvalue weighted by molar-refractivity contribution is 5.95. The summed E-state index contributed by atoms with van der Waals surface area (Å²) in [6, 6.07) is 3.89. The first-order valence-electron chi connectivity index (χ1n) is 9.33. The van der Waals surface area contributed by atoms with Crippen molar-refractivity contribution in [3.63, 3.8) is 0 Å². The minimum Gasteiger partial charge on any atom is -0.493 e. The molecule has 27 heavy (non-hydrogen) atoms. The first-order chi connectivity index (χ1) is 12.5. The van der Waals surface area contributed by atoms with E-state index in [1.165, 1.54) is 6.42 Å². The van der Waals surface area contributed by atoms with Gasteiger partial charge in [-0.05, 0) is 37.5 Å². The average molecular weight is 399 g/mol. The number of hydrogen-bond donors (Lipinski definition) is 1. The van der Waals surface area contributed by atoms with Crippen LogP contribution in [0.15, 0.2) is 12.1 Å². The van der Waals surface area contributed by atoms with Crippen LogP contribution >= 0.6 is 12.4 Å². The van der Waals surface area contributed by atoms with E-state index in [-0.39, 0.29) is 30.3 Å². The molecule has 0 spiro atoms. The zero-order valence-electron chi connectivity index (χ0n) is 16.6. The Kier molecular flexibility index (Phi) is 7.23. The van der Waals surface area contributed by atoms with Gasteiger partial charge in [-0.2, -0.15) is 0 Å². The van der Waals surface area contributed by atoms with Crippen LogP contribution in [0.25, 0.3) is 0 Å². The highest BCUT2D eigenvalue weighted by atomic mass is 35.5. The van der Waals surface area contributed by atoms with Crippen molar-refractivity contribution in [1.29, 1.82) is 0 Å². The zero-order valence-corrected chi connectivity index (χ0v) is 17.4. The summed E-state index contributed by atoms with van der Waals surface area (Å²) >= 11 is 0. The van der Waals surface area contributed by atoms with Crippen molar-refractivity contribution in [1.82, 2.24) is 0 Å². The maximum Gasteiger partial charge on any atom is 0.229 e. The van der Waals surface area contributed by atoms with Gasteiger partial charge in [-0.25, -0.2) is 0 Å². The molecule has 2 N–H and O–H groups in total. The Bertz CT molecular complexity index is 630. The van der Waals surface area contributed by atoms with Gasteiger partial charge < -0.3 is 24.8 Å². The molecule has 2 aliphatic rings. The van der Waals surface area contributed by atoms with Crippen molar-refractivity contribution in [3.05, 3.63) is 12.1 Å². The summed E-state index contributed by atoms with van der Waals surface area (Å²) in [5.74, 6) is 2.75. The molecule has 2 saturated carbocycles. The SMILES string of the molecule is COc1cc(N(C)C(=O)C2CC3CCCC(C2)C3N)cc(OC)c1OC.Cl. The molecule has 0 heterocycles. The summed E-state index contributed by atoms with van der Waals surface area (Å²) in [4.78, 5) is 14.9. The van der Waals surface area contributed by atoms with E-state index in [2.05, 4.69) is 0 Å². The fourth-order valence-corrected chi connectivity index (χ4v) is 4.65. The topological polar surface area (TPSA) is 74.0 Å². The number of methoxy groups -OCH3 is 3. The number of halogens is 1.